The minimum Gasteiger partial charge on any atom is -0.494 e. The fourth-order valence-electron chi connectivity index (χ4n) is 1.63. The van der Waals surface area contributed by atoms with Gasteiger partial charge in [0.25, 0.3) is 5.69 Å². The van der Waals surface area contributed by atoms with E-state index in [0.29, 0.717) is 5.52 Å². The summed E-state index contributed by atoms with van der Waals surface area (Å²) in [6, 6.07) is 2.45. The number of aromatic nitrogens is 1. The molecule has 1 aromatic heterocycles. The highest BCUT2D eigenvalue weighted by atomic mass is 16.6. The molecular formula is C10H8N2O5. The maximum Gasteiger partial charge on any atom is 0.337 e. The average Bonchev–Trinajstić information content (AvgIpc) is 2.70. The second kappa shape index (κ2) is 3.78. The van der Waals surface area contributed by atoms with Crippen molar-refractivity contribution in [3.63, 3.8) is 0 Å². The van der Waals surface area contributed by atoms with Crippen molar-refractivity contribution in [1.82, 2.24) is 4.98 Å². The van der Waals surface area contributed by atoms with Crippen LogP contribution < -0.4 is 4.74 Å². The van der Waals surface area contributed by atoms with Crippen LogP contribution in [0.15, 0.2) is 18.3 Å². The van der Waals surface area contributed by atoms with Gasteiger partial charge in [0.15, 0.2) is 0 Å². The molecule has 1 heterocycles. The number of non-ortho nitro benzene ring substituents is 1. The van der Waals surface area contributed by atoms with Crippen molar-refractivity contribution in [2.75, 3.05) is 7.11 Å². The van der Waals surface area contributed by atoms with E-state index in [9.17, 15) is 14.9 Å². The van der Waals surface area contributed by atoms with Crippen LogP contribution >= 0.6 is 0 Å². The average molecular weight is 236 g/mol. The number of nitro benzene ring substituents is 1. The van der Waals surface area contributed by atoms with Crippen LogP contribution in [0.3, 0.4) is 0 Å². The van der Waals surface area contributed by atoms with Crippen LogP contribution in [0.2, 0.25) is 0 Å². The summed E-state index contributed by atoms with van der Waals surface area (Å²) in [5, 5.41) is 19.9. The topological polar surface area (TPSA) is 105 Å². The highest BCUT2D eigenvalue weighted by Crippen LogP contribution is 2.32. The van der Waals surface area contributed by atoms with Gasteiger partial charge in [-0.05, 0) is 0 Å². The van der Waals surface area contributed by atoms with Crippen molar-refractivity contribution < 1.29 is 19.6 Å². The van der Waals surface area contributed by atoms with E-state index in [4.69, 9.17) is 9.84 Å². The smallest absolute Gasteiger partial charge is 0.337 e. The van der Waals surface area contributed by atoms with E-state index < -0.39 is 10.9 Å². The molecule has 2 N–H and O–H groups in total. The van der Waals surface area contributed by atoms with Crippen LogP contribution in [0.1, 0.15) is 10.4 Å². The molecule has 0 atom stereocenters. The van der Waals surface area contributed by atoms with Crippen LogP contribution in [0.4, 0.5) is 5.69 Å². The molecule has 7 nitrogen and oxygen atoms in total. The molecule has 0 saturated carbocycles. The Morgan fingerprint density at radius 2 is 2.24 bits per heavy atom. The van der Waals surface area contributed by atoms with Gasteiger partial charge in [-0.25, -0.2) is 4.79 Å². The molecule has 88 valence electrons. The number of aromatic carboxylic acids is 1. The second-order valence-electron chi connectivity index (χ2n) is 3.34. The lowest BCUT2D eigenvalue weighted by atomic mass is 10.1. The minimum atomic E-state index is -1.15. The number of carboxylic acid groups (broad SMARTS) is 1. The molecule has 17 heavy (non-hydrogen) atoms. The first-order valence-corrected chi connectivity index (χ1v) is 4.61. The molecule has 7 heteroatoms. The van der Waals surface area contributed by atoms with Crippen LogP contribution in [0.5, 0.6) is 5.75 Å². The fraction of sp³-hybridized carbons (Fsp3) is 0.100. The van der Waals surface area contributed by atoms with Crippen LogP contribution in [-0.2, 0) is 0 Å². The largest absolute Gasteiger partial charge is 0.494 e. The number of methoxy groups -OCH3 is 1. The van der Waals surface area contributed by atoms with Crippen molar-refractivity contribution in [2.45, 2.75) is 0 Å². The number of H-pyrrole nitrogens is 1. The maximum atomic E-state index is 10.9. The summed E-state index contributed by atoms with van der Waals surface area (Å²) in [7, 11) is 1.36. The van der Waals surface area contributed by atoms with E-state index in [1.165, 1.54) is 25.4 Å². The molecule has 0 spiro atoms. The lowest BCUT2D eigenvalue weighted by molar-refractivity contribution is -0.384. The van der Waals surface area contributed by atoms with Crippen molar-refractivity contribution >= 4 is 22.6 Å². The highest BCUT2D eigenvalue weighted by Gasteiger charge is 2.18. The van der Waals surface area contributed by atoms with Crippen LogP contribution in [0, 0.1) is 10.1 Å². The van der Waals surface area contributed by atoms with Gasteiger partial charge in [0.05, 0.1) is 29.2 Å². The molecule has 0 bridgehead atoms. The molecule has 0 aliphatic rings. The molecule has 0 amide bonds. The summed E-state index contributed by atoms with van der Waals surface area (Å²) in [5.74, 6) is -0.916. The minimum absolute atomic E-state index is 0.0259. The summed E-state index contributed by atoms with van der Waals surface area (Å²) >= 11 is 0. The van der Waals surface area contributed by atoms with Gasteiger partial charge >= 0.3 is 5.97 Å². The number of aromatic amines is 1. The third kappa shape index (κ3) is 1.67. The zero-order chi connectivity index (χ0) is 12.6. The van der Waals surface area contributed by atoms with Gasteiger partial charge in [-0.2, -0.15) is 0 Å². The Hall–Kier alpha value is -2.57. The Morgan fingerprint density at radius 3 is 2.76 bits per heavy atom. The molecule has 2 aromatic rings. The summed E-state index contributed by atoms with van der Waals surface area (Å²) in [4.78, 5) is 23.8. The van der Waals surface area contributed by atoms with Gasteiger partial charge in [0.1, 0.15) is 5.75 Å². The third-order valence-electron chi connectivity index (χ3n) is 2.40. The van der Waals surface area contributed by atoms with Gasteiger partial charge in [-0.15, -0.1) is 0 Å². The number of fused-ring (bicyclic) bond motifs is 1. The monoisotopic (exact) mass is 236 g/mol. The molecular weight excluding hydrogens is 228 g/mol. The van der Waals surface area contributed by atoms with E-state index in [-0.39, 0.29) is 22.4 Å². The number of nitrogens with zero attached hydrogens (tertiary/aromatic N) is 1. The van der Waals surface area contributed by atoms with E-state index in [1.807, 2.05) is 0 Å². The van der Waals surface area contributed by atoms with Crippen molar-refractivity contribution in [3.8, 4) is 5.75 Å². The molecule has 0 saturated heterocycles. The highest BCUT2D eigenvalue weighted by molar-refractivity contribution is 6.05. The summed E-state index contributed by atoms with van der Waals surface area (Å²) in [5.41, 5.74) is 0.189. The Kier molecular flexibility index (Phi) is 2.43. The van der Waals surface area contributed by atoms with Gasteiger partial charge in [-0.1, -0.05) is 0 Å². The first kappa shape index (κ1) is 10.9. The number of carbonyl (C=O) groups is 1. The van der Waals surface area contributed by atoms with E-state index >= 15 is 0 Å². The predicted octanol–water partition coefficient (Wildman–Crippen LogP) is 1.78. The van der Waals surface area contributed by atoms with Gasteiger partial charge < -0.3 is 14.8 Å². The Labute approximate surface area is 94.8 Å². The number of nitro groups is 1. The second-order valence-corrected chi connectivity index (χ2v) is 3.34. The van der Waals surface area contributed by atoms with E-state index in [2.05, 4.69) is 4.98 Å². The maximum absolute atomic E-state index is 10.9. The van der Waals surface area contributed by atoms with Crippen LogP contribution in [0.25, 0.3) is 10.9 Å². The number of ether oxygens (including phenoxy) is 1. The molecule has 0 aliphatic carbocycles. The summed E-state index contributed by atoms with van der Waals surface area (Å²) in [6.45, 7) is 0. The lowest BCUT2D eigenvalue weighted by Crippen LogP contribution is -1.95. The number of carboxylic acids is 1. The number of rotatable bonds is 3. The number of hydrogen-bond donors (Lipinski definition) is 2. The molecule has 0 aliphatic heterocycles. The standard InChI is InChI=1S/C10H8N2O5/c1-17-8-3-5(12(15)16)2-6-7(10(13)14)4-11-9(6)8/h2-4,11H,1H3,(H,13,14). The van der Waals surface area contributed by atoms with Gasteiger partial charge in [0.2, 0.25) is 0 Å². The third-order valence-corrected chi connectivity index (χ3v) is 2.40. The number of benzene rings is 1. The first-order valence-electron chi connectivity index (χ1n) is 4.61. The van der Waals surface area contributed by atoms with Gasteiger partial charge in [0, 0.05) is 17.6 Å². The van der Waals surface area contributed by atoms with Crippen molar-refractivity contribution in [3.05, 3.63) is 34.0 Å². The first-order chi connectivity index (χ1) is 8.04. The van der Waals surface area contributed by atoms with E-state index in [0.717, 1.165) is 0 Å². The van der Waals surface area contributed by atoms with Crippen LogP contribution in [-0.4, -0.2) is 28.1 Å². The predicted molar refractivity (Wildman–Crippen MR) is 58.5 cm³/mol. The zero-order valence-corrected chi connectivity index (χ0v) is 8.76. The van der Waals surface area contributed by atoms with E-state index in [1.54, 1.807) is 0 Å². The Morgan fingerprint density at radius 1 is 1.53 bits per heavy atom. The Balaban J connectivity index is 2.81. The Bertz CT molecular complexity index is 616. The number of hydrogen-bond acceptors (Lipinski definition) is 4. The molecule has 0 fully saturated rings. The lowest BCUT2D eigenvalue weighted by Gasteiger charge is -2.02. The fourth-order valence-corrected chi connectivity index (χ4v) is 1.63. The molecule has 0 unspecified atom stereocenters. The summed E-state index contributed by atoms with van der Waals surface area (Å²) < 4.78 is 4.98. The molecule has 2 rings (SSSR count). The van der Waals surface area contributed by atoms with Crippen molar-refractivity contribution in [2.24, 2.45) is 0 Å². The van der Waals surface area contributed by atoms with Crippen molar-refractivity contribution in [1.29, 1.82) is 0 Å². The SMILES string of the molecule is COc1cc([N+](=O)[O-])cc2c(C(=O)O)c[nH]c12. The van der Waals surface area contributed by atoms with Gasteiger partial charge in [-0.3, -0.25) is 10.1 Å². The summed E-state index contributed by atoms with van der Waals surface area (Å²) in [6.07, 6.45) is 1.28. The number of nitrogens with one attached hydrogen (secondary N) is 1. The molecule has 0 radical (unpaired) electrons. The molecule has 1 aromatic carbocycles. The quantitative estimate of drug-likeness (QED) is 0.624. The zero-order valence-electron chi connectivity index (χ0n) is 8.76. The normalized spacial score (nSPS) is 10.4.